The van der Waals surface area contributed by atoms with E-state index < -0.39 is 18.1 Å². The van der Waals surface area contributed by atoms with Gasteiger partial charge in [-0.25, -0.2) is 9.78 Å². The van der Waals surface area contributed by atoms with Gasteiger partial charge < -0.3 is 30.3 Å². The lowest BCUT2D eigenvalue weighted by atomic mass is 9.99. The third-order valence-electron chi connectivity index (χ3n) is 8.26. The van der Waals surface area contributed by atoms with Gasteiger partial charge in [-0.1, -0.05) is 61.5 Å². The van der Waals surface area contributed by atoms with E-state index in [4.69, 9.17) is 4.74 Å². The van der Waals surface area contributed by atoms with Crippen molar-refractivity contribution in [2.24, 2.45) is 5.92 Å². The number of aliphatic hydroxyl groups excluding tert-OH is 1. The lowest BCUT2D eigenvalue weighted by molar-refractivity contribution is 0.0372. The van der Waals surface area contributed by atoms with Crippen LogP contribution in [0.2, 0.25) is 0 Å². The van der Waals surface area contributed by atoms with E-state index in [9.17, 15) is 19.5 Å². The normalized spacial score (nSPS) is 17.0. The molecular formula is C35H35N5O5S. The molecular weight excluding hydrogens is 602 g/mol. The number of hydrogen-bond donors (Lipinski definition) is 3. The molecule has 0 unspecified atom stereocenters. The number of carbonyl (C=O) groups excluding carboxylic acids is 3. The molecule has 46 heavy (non-hydrogen) atoms. The number of anilines is 2. The first-order chi connectivity index (χ1) is 22.2. The number of para-hydroxylation sites is 2. The summed E-state index contributed by atoms with van der Waals surface area (Å²) in [5, 5.41) is 18.2. The van der Waals surface area contributed by atoms with Crippen molar-refractivity contribution in [2.45, 2.75) is 26.0 Å². The first-order valence-electron chi connectivity index (χ1n) is 15.1. The van der Waals surface area contributed by atoms with Gasteiger partial charge in [0.2, 0.25) is 0 Å². The zero-order valence-corrected chi connectivity index (χ0v) is 26.6. The SMILES string of the molecule is C[C@H](CO)N1C[C@H](C)[C@H](CN(C)C(=O)Nc2cccc3ccccc23)Oc2c(NC(=O)c3nc4ccccc4s3)cccc2C1=O. The lowest BCUT2D eigenvalue weighted by Crippen LogP contribution is -2.50. The Morgan fingerprint density at radius 3 is 2.54 bits per heavy atom. The molecule has 4 aromatic carbocycles. The fourth-order valence-electron chi connectivity index (χ4n) is 5.60. The van der Waals surface area contributed by atoms with Crippen molar-refractivity contribution < 1.29 is 24.2 Å². The minimum absolute atomic E-state index is 0.187. The Balaban J connectivity index is 1.29. The molecule has 0 radical (unpaired) electrons. The van der Waals surface area contributed by atoms with Crippen LogP contribution in [0.3, 0.4) is 0 Å². The predicted molar refractivity (Wildman–Crippen MR) is 181 cm³/mol. The van der Waals surface area contributed by atoms with E-state index in [0.29, 0.717) is 17.9 Å². The van der Waals surface area contributed by atoms with Crippen LogP contribution < -0.4 is 15.4 Å². The topological polar surface area (TPSA) is 124 Å². The molecule has 0 bridgehead atoms. The van der Waals surface area contributed by atoms with Crippen LogP contribution in [0.4, 0.5) is 16.2 Å². The first kappa shape index (κ1) is 31.0. The van der Waals surface area contributed by atoms with Gasteiger partial charge in [0.15, 0.2) is 10.8 Å². The molecule has 2 heterocycles. The number of aliphatic hydroxyl groups is 1. The van der Waals surface area contributed by atoms with E-state index in [-0.39, 0.29) is 47.3 Å². The van der Waals surface area contributed by atoms with Crippen molar-refractivity contribution in [3.05, 3.63) is 95.5 Å². The van der Waals surface area contributed by atoms with Crippen molar-refractivity contribution in [1.29, 1.82) is 0 Å². The fourth-order valence-corrected chi connectivity index (χ4v) is 6.46. The Labute approximate surface area is 270 Å². The van der Waals surface area contributed by atoms with Crippen molar-refractivity contribution >= 4 is 61.5 Å². The number of fused-ring (bicyclic) bond motifs is 3. The Bertz CT molecular complexity index is 1890. The molecule has 0 fully saturated rings. The number of nitrogens with zero attached hydrogens (tertiary/aromatic N) is 3. The highest BCUT2D eigenvalue weighted by molar-refractivity contribution is 7.20. The van der Waals surface area contributed by atoms with Crippen molar-refractivity contribution in [2.75, 3.05) is 37.4 Å². The first-order valence-corrected chi connectivity index (χ1v) is 15.9. The van der Waals surface area contributed by atoms with Crippen molar-refractivity contribution in [3.8, 4) is 5.75 Å². The smallest absolute Gasteiger partial charge is 0.321 e. The van der Waals surface area contributed by atoms with Crippen LogP contribution in [0.5, 0.6) is 5.75 Å². The van der Waals surface area contributed by atoms with E-state index in [0.717, 1.165) is 21.0 Å². The van der Waals surface area contributed by atoms with Gasteiger partial charge in [-0.05, 0) is 42.6 Å². The number of hydrogen-bond acceptors (Lipinski definition) is 7. The quantitative estimate of drug-likeness (QED) is 0.199. The molecule has 0 saturated heterocycles. The standard InChI is InChI=1S/C35H35N5O5S/c1-21-18-40(22(2)20-41)34(43)25-13-9-16-28(36-32(42)33-37-27-14-6-7-17-30(27)46-33)31(25)45-29(21)19-39(3)35(44)38-26-15-8-11-23-10-4-5-12-24(23)26/h4-17,21-22,29,41H,18-20H2,1-3H3,(H,36,42)(H,38,44)/t21-,22+,29-/m0/s1. The lowest BCUT2D eigenvalue weighted by Gasteiger charge is -2.38. The number of urea groups is 1. The van der Waals surface area contributed by atoms with Gasteiger partial charge in [-0.2, -0.15) is 0 Å². The number of amides is 4. The molecule has 0 spiro atoms. The Hall–Kier alpha value is -5.00. The molecule has 5 aromatic rings. The number of aromatic nitrogens is 1. The molecule has 0 saturated carbocycles. The molecule has 236 valence electrons. The molecule has 10 nitrogen and oxygen atoms in total. The van der Waals surface area contributed by atoms with Crippen LogP contribution in [-0.4, -0.2) is 76.6 Å². The largest absolute Gasteiger partial charge is 0.485 e. The van der Waals surface area contributed by atoms with E-state index in [1.165, 1.54) is 11.3 Å². The Morgan fingerprint density at radius 2 is 1.74 bits per heavy atom. The minimum Gasteiger partial charge on any atom is -0.485 e. The van der Waals surface area contributed by atoms with E-state index in [1.807, 2.05) is 73.7 Å². The number of ether oxygens (including phenoxy) is 1. The van der Waals surface area contributed by atoms with Crippen molar-refractivity contribution in [3.63, 3.8) is 0 Å². The number of carbonyl (C=O) groups is 3. The maximum absolute atomic E-state index is 13.8. The molecule has 1 aromatic heterocycles. The van der Waals surface area contributed by atoms with Crippen LogP contribution in [0, 0.1) is 5.92 Å². The molecule has 1 aliphatic rings. The molecule has 4 amide bonds. The summed E-state index contributed by atoms with van der Waals surface area (Å²) in [6, 6.07) is 25.3. The van der Waals surface area contributed by atoms with Crippen LogP contribution >= 0.6 is 11.3 Å². The number of benzene rings is 4. The summed E-state index contributed by atoms with van der Waals surface area (Å²) in [4.78, 5) is 48.3. The second kappa shape index (κ2) is 13.2. The summed E-state index contributed by atoms with van der Waals surface area (Å²) in [5.74, 6) is -0.784. The number of rotatable bonds is 7. The van der Waals surface area contributed by atoms with E-state index in [2.05, 4.69) is 15.6 Å². The molecule has 11 heteroatoms. The van der Waals surface area contributed by atoms with E-state index in [1.54, 1.807) is 42.0 Å². The maximum Gasteiger partial charge on any atom is 0.321 e. The molecule has 6 rings (SSSR count). The molecule has 0 aliphatic carbocycles. The summed E-state index contributed by atoms with van der Waals surface area (Å²) < 4.78 is 7.47. The second-order valence-corrected chi connectivity index (χ2v) is 12.6. The van der Waals surface area contributed by atoms with Gasteiger partial charge in [0.25, 0.3) is 11.8 Å². The van der Waals surface area contributed by atoms with Crippen LogP contribution in [0.15, 0.2) is 84.9 Å². The minimum atomic E-state index is -0.566. The average molecular weight is 638 g/mol. The Kier molecular flexibility index (Phi) is 8.87. The summed E-state index contributed by atoms with van der Waals surface area (Å²) in [6.07, 6.45) is -0.566. The maximum atomic E-state index is 13.8. The van der Waals surface area contributed by atoms with Crippen molar-refractivity contribution in [1.82, 2.24) is 14.8 Å². The number of likely N-dealkylation sites (N-methyl/N-ethyl adjacent to an activating group) is 1. The number of nitrogens with one attached hydrogen (secondary N) is 2. The summed E-state index contributed by atoms with van der Waals surface area (Å²) in [7, 11) is 1.69. The zero-order valence-electron chi connectivity index (χ0n) is 25.8. The van der Waals surface area contributed by atoms with Gasteiger partial charge >= 0.3 is 6.03 Å². The van der Waals surface area contributed by atoms with Gasteiger partial charge in [0.05, 0.1) is 46.3 Å². The van der Waals surface area contributed by atoms with E-state index >= 15 is 0 Å². The predicted octanol–water partition coefficient (Wildman–Crippen LogP) is 6.09. The summed E-state index contributed by atoms with van der Waals surface area (Å²) >= 11 is 1.27. The van der Waals surface area contributed by atoms with Gasteiger partial charge in [-0.3, -0.25) is 9.59 Å². The summed E-state index contributed by atoms with van der Waals surface area (Å²) in [6.45, 7) is 3.99. The van der Waals surface area contributed by atoms with Crippen LogP contribution in [-0.2, 0) is 0 Å². The highest BCUT2D eigenvalue weighted by Crippen LogP contribution is 2.36. The van der Waals surface area contributed by atoms with Gasteiger partial charge in [0, 0.05) is 24.9 Å². The highest BCUT2D eigenvalue weighted by Gasteiger charge is 2.35. The van der Waals surface area contributed by atoms with Crippen LogP contribution in [0.1, 0.15) is 34.0 Å². The fraction of sp³-hybridized carbons (Fsp3) is 0.257. The molecule has 1 aliphatic heterocycles. The monoisotopic (exact) mass is 637 g/mol. The van der Waals surface area contributed by atoms with Crippen LogP contribution in [0.25, 0.3) is 21.0 Å². The molecule has 3 N–H and O–H groups in total. The highest BCUT2D eigenvalue weighted by atomic mass is 32.1. The number of thiazole rings is 1. The third-order valence-corrected chi connectivity index (χ3v) is 9.29. The van der Waals surface area contributed by atoms with Gasteiger partial charge in [-0.15, -0.1) is 11.3 Å². The zero-order chi connectivity index (χ0) is 32.4. The Morgan fingerprint density at radius 1 is 1.02 bits per heavy atom. The second-order valence-electron chi connectivity index (χ2n) is 11.6. The molecule has 3 atom stereocenters. The summed E-state index contributed by atoms with van der Waals surface area (Å²) in [5.41, 5.74) is 1.98. The van der Waals surface area contributed by atoms with Gasteiger partial charge in [0.1, 0.15) is 6.10 Å². The average Bonchev–Trinajstić information content (AvgIpc) is 3.51. The third kappa shape index (κ3) is 6.24.